The normalized spacial score (nSPS) is 26.6. The Bertz CT molecular complexity index is 404. The van der Waals surface area contributed by atoms with E-state index in [2.05, 4.69) is 14.9 Å². The van der Waals surface area contributed by atoms with Gasteiger partial charge in [0.25, 0.3) is 0 Å². The van der Waals surface area contributed by atoms with Crippen LogP contribution in [0.4, 0.5) is 0 Å². The van der Waals surface area contributed by atoms with Gasteiger partial charge in [-0.2, -0.15) is 0 Å². The van der Waals surface area contributed by atoms with Gasteiger partial charge in [-0.05, 0) is 25.8 Å². The largest absolute Gasteiger partial charge is 0.369 e. The number of rotatable bonds is 2. The van der Waals surface area contributed by atoms with Gasteiger partial charge >= 0.3 is 0 Å². The van der Waals surface area contributed by atoms with Gasteiger partial charge in [0.1, 0.15) is 11.9 Å². The minimum absolute atomic E-state index is 0.126. The minimum Gasteiger partial charge on any atom is -0.369 e. The molecule has 2 heterocycles. The fraction of sp³-hybridized carbons (Fsp3) is 0.714. The van der Waals surface area contributed by atoms with Crippen molar-refractivity contribution in [2.24, 2.45) is 0 Å². The fourth-order valence-corrected chi connectivity index (χ4v) is 3.10. The second kappa shape index (κ2) is 5.33. The van der Waals surface area contributed by atoms with Gasteiger partial charge in [-0.1, -0.05) is 12.8 Å². The zero-order valence-electron chi connectivity index (χ0n) is 11.0. The van der Waals surface area contributed by atoms with Crippen molar-refractivity contribution in [2.45, 2.75) is 44.8 Å². The van der Waals surface area contributed by atoms with E-state index in [1.54, 1.807) is 0 Å². The van der Waals surface area contributed by atoms with Gasteiger partial charge in [0, 0.05) is 25.3 Å². The zero-order valence-corrected chi connectivity index (χ0v) is 11.0. The summed E-state index contributed by atoms with van der Waals surface area (Å²) < 4.78 is 5.88. The van der Waals surface area contributed by atoms with Crippen LogP contribution in [0.25, 0.3) is 0 Å². The third-order valence-electron chi connectivity index (χ3n) is 4.07. The number of ether oxygens (including phenoxy) is 1. The lowest BCUT2D eigenvalue weighted by Crippen LogP contribution is -2.43. The third kappa shape index (κ3) is 2.54. The molecule has 1 aliphatic heterocycles. The minimum atomic E-state index is 0.126. The summed E-state index contributed by atoms with van der Waals surface area (Å²) in [6.45, 7) is 4.82. The molecule has 0 radical (unpaired) electrons. The quantitative estimate of drug-likeness (QED) is 0.802. The monoisotopic (exact) mass is 247 g/mol. The maximum Gasteiger partial charge on any atom is 0.125 e. The Morgan fingerprint density at radius 1 is 1.33 bits per heavy atom. The average molecular weight is 247 g/mol. The summed E-state index contributed by atoms with van der Waals surface area (Å²) in [4.78, 5) is 11.2. The molecule has 0 aromatic carbocycles. The van der Waals surface area contributed by atoms with Crippen LogP contribution in [0.15, 0.2) is 12.3 Å². The highest BCUT2D eigenvalue weighted by molar-refractivity contribution is 5.07. The van der Waals surface area contributed by atoms with Gasteiger partial charge in [0.15, 0.2) is 0 Å². The van der Waals surface area contributed by atoms with Gasteiger partial charge in [0.05, 0.1) is 12.3 Å². The first kappa shape index (κ1) is 12.1. The number of hydrogen-bond acceptors (Lipinski definition) is 4. The van der Waals surface area contributed by atoms with Crippen molar-refractivity contribution in [3.8, 4) is 0 Å². The summed E-state index contributed by atoms with van der Waals surface area (Å²) in [6, 6.07) is 2.76. The molecule has 4 nitrogen and oxygen atoms in total. The molecule has 3 rings (SSSR count). The third-order valence-corrected chi connectivity index (χ3v) is 4.07. The lowest BCUT2D eigenvalue weighted by Gasteiger charge is -2.36. The van der Waals surface area contributed by atoms with Crippen molar-refractivity contribution in [3.63, 3.8) is 0 Å². The second-order valence-electron chi connectivity index (χ2n) is 5.32. The molecule has 2 fully saturated rings. The molecule has 1 aliphatic carbocycles. The molecule has 0 spiro atoms. The summed E-state index contributed by atoms with van der Waals surface area (Å²) in [7, 11) is 0. The van der Waals surface area contributed by atoms with Crippen LogP contribution in [0.2, 0.25) is 0 Å². The summed E-state index contributed by atoms with van der Waals surface area (Å²) in [5, 5.41) is 0. The lowest BCUT2D eigenvalue weighted by atomic mass is 10.1. The fourth-order valence-electron chi connectivity index (χ4n) is 3.10. The summed E-state index contributed by atoms with van der Waals surface area (Å²) in [5.41, 5.74) is 1.03. The van der Waals surface area contributed by atoms with Gasteiger partial charge in [-0.25, -0.2) is 9.97 Å². The number of hydrogen-bond donors (Lipinski definition) is 0. The van der Waals surface area contributed by atoms with Crippen molar-refractivity contribution in [1.82, 2.24) is 14.9 Å². The van der Waals surface area contributed by atoms with Gasteiger partial charge < -0.3 is 4.74 Å². The Morgan fingerprint density at radius 3 is 2.94 bits per heavy atom. The topological polar surface area (TPSA) is 38.2 Å². The van der Waals surface area contributed by atoms with Crippen molar-refractivity contribution >= 4 is 0 Å². The Kier molecular flexibility index (Phi) is 3.57. The van der Waals surface area contributed by atoms with Crippen molar-refractivity contribution < 1.29 is 4.74 Å². The summed E-state index contributed by atoms with van der Waals surface area (Å²) >= 11 is 0. The number of nitrogens with zero attached hydrogens (tertiary/aromatic N) is 3. The molecule has 98 valence electrons. The molecule has 0 N–H and O–H groups in total. The average Bonchev–Trinajstić information content (AvgIpc) is 2.93. The Morgan fingerprint density at radius 2 is 2.17 bits per heavy atom. The SMILES string of the molecule is Cc1nccc(C2CN(C3CCCC3)CCO2)n1. The molecule has 18 heavy (non-hydrogen) atoms. The van der Waals surface area contributed by atoms with Crippen LogP contribution in [0.5, 0.6) is 0 Å². The van der Waals surface area contributed by atoms with E-state index in [1.165, 1.54) is 25.7 Å². The van der Waals surface area contributed by atoms with E-state index in [9.17, 15) is 0 Å². The van der Waals surface area contributed by atoms with Crippen LogP contribution < -0.4 is 0 Å². The predicted molar refractivity (Wildman–Crippen MR) is 69.3 cm³/mol. The Hall–Kier alpha value is -1.00. The molecule has 0 bridgehead atoms. The molecular weight excluding hydrogens is 226 g/mol. The summed E-state index contributed by atoms with van der Waals surface area (Å²) in [5.74, 6) is 0.828. The first-order valence-corrected chi connectivity index (χ1v) is 6.98. The van der Waals surface area contributed by atoms with Crippen LogP contribution in [-0.4, -0.2) is 40.6 Å². The Balaban J connectivity index is 1.69. The van der Waals surface area contributed by atoms with E-state index in [-0.39, 0.29) is 6.10 Å². The van der Waals surface area contributed by atoms with Gasteiger partial charge in [-0.3, -0.25) is 4.90 Å². The van der Waals surface area contributed by atoms with Crippen molar-refractivity contribution in [2.75, 3.05) is 19.7 Å². The van der Waals surface area contributed by atoms with Crippen LogP contribution in [0.3, 0.4) is 0 Å². The molecule has 1 saturated carbocycles. The maximum atomic E-state index is 5.88. The summed E-state index contributed by atoms with van der Waals surface area (Å²) in [6.07, 6.45) is 7.44. The van der Waals surface area contributed by atoms with E-state index in [1.807, 2.05) is 19.2 Å². The van der Waals surface area contributed by atoms with Gasteiger partial charge in [-0.15, -0.1) is 0 Å². The number of morpholine rings is 1. The van der Waals surface area contributed by atoms with Crippen LogP contribution in [0.1, 0.15) is 43.3 Å². The molecule has 1 unspecified atom stereocenters. The first-order chi connectivity index (χ1) is 8.83. The number of aryl methyl sites for hydroxylation is 1. The Labute approximate surface area is 108 Å². The molecule has 1 atom stereocenters. The zero-order chi connectivity index (χ0) is 12.4. The van der Waals surface area contributed by atoms with E-state index in [0.29, 0.717) is 0 Å². The van der Waals surface area contributed by atoms with E-state index in [4.69, 9.17) is 4.74 Å². The molecule has 1 aromatic heterocycles. The lowest BCUT2D eigenvalue weighted by molar-refractivity contribution is -0.0460. The van der Waals surface area contributed by atoms with Crippen molar-refractivity contribution in [1.29, 1.82) is 0 Å². The van der Waals surface area contributed by atoms with E-state index in [0.717, 1.165) is 37.3 Å². The highest BCUT2D eigenvalue weighted by Crippen LogP contribution is 2.28. The number of aromatic nitrogens is 2. The van der Waals surface area contributed by atoms with Crippen LogP contribution in [-0.2, 0) is 4.74 Å². The highest BCUT2D eigenvalue weighted by atomic mass is 16.5. The van der Waals surface area contributed by atoms with E-state index >= 15 is 0 Å². The molecule has 2 aliphatic rings. The maximum absolute atomic E-state index is 5.88. The standard InChI is InChI=1S/C14H21N3O/c1-11-15-7-6-13(16-11)14-10-17(8-9-18-14)12-4-2-3-5-12/h6-7,12,14H,2-5,8-10H2,1H3. The van der Waals surface area contributed by atoms with Crippen LogP contribution >= 0.6 is 0 Å². The predicted octanol–water partition coefficient (Wildman–Crippen LogP) is 2.10. The molecule has 1 aromatic rings. The van der Waals surface area contributed by atoms with Crippen LogP contribution in [0, 0.1) is 6.92 Å². The van der Waals surface area contributed by atoms with Gasteiger partial charge in [0.2, 0.25) is 0 Å². The van der Waals surface area contributed by atoms with E-state index < -0.39 is 0 Å². The highest BCUT2D eigenvalue weighted by Gasteiger charge is 2.29. The first-order valence-electron chi connectivity index (χ1n) is 6.98. The molecular formula is C14H21N3O. The smallest absolute Gasteiger partial charge is 0.125 e. The molecule has 4 heteroatoms. The molecule has 0 amide bonds. The molecule has 1 saturated heterocycles. The van der Waals surface area contributed by atoms with Crippen molar-refractivity contribution in [3.05, 3.63) is 23.8 Å². The second-order valence-corrected chi connectivity index (χ2v) is 5.32.